The van der Waals surface area contributed by atoms with E-state index in [-0.39, 0.29) is 11.9 Å². The maximum Gasteiger partial charge on any atom is 0.309 e. The van der Waals surface area contributed by atoms with E-state index in [0.717, 1.165) is 18.4 Å². The molecular formula is C16H18O2. The van der Waals surface area contributed by atoms with Gasteiger partial charge in [-0.15, -0.1) is 0 Å². The van der Waals surface area contributed by atoms with E-state index in [9.17, 15) is 4.79 Å². The molecule has 0 spiro atoms. The van der Waals surface area contributed by atoms with Crippen LogP contribution in [0, 0.1) is 24.7 Å². The Balaban J connectivity index is 1.56. The van der Waals surface area contributed by atoms with Gasteiger partial charge in [-0.05, 0) is 37.2 Å². The molecule has 1 aromatic carbocycles. The van der Waals surface area contributed by atoms with Crippen LogP contribution in [0.3, 0.4) is 0 Å². The summed E-state index contributed by atoms with van der Waals surface area (Å²) in [4.78, 5) is 12.0. The fourth-order valence-electron chi connectivity index (χ4n) is 3.00. The molecule has 0 radical (unpaired) electrons. The fraction of sp³-hybridized carbons (Fsp3) is 0.438. The van der Waals surface area contributed by atoms with Crippen LogP contribution in [-0.4, -0.2) is 5.97 Å². The van der Waals surface area contributed by atoms with Crippen LogP contribution < -0.4 is 0 Å². The molecule has 3 unspecified atom stereocenters. The number of carbonyl (C=O) groups is 1. The summed E-state index contributed by atoms with van der Waals surface area (Å²) in [6.07, 6.45) is 6.55. The molecule has 2 bridgehead atoms. The molecule has 1 fully saturated rings. The fourth-order valence-corrected chi connectivity index (χ4v) is 3.00. The van der Waals surface area contributed by atoms with Gasteiger partial charge in [0.15, 0.2) is 0 Å². The monoisotopic (exact) mass is 242 g/mol. The Morgan fingerprint density at radius 1 is 1.22 bits per heavy atom. The van der Waals surface area contributed by atoms with Crippen LogP contribution in [0.2, 0.25) is 0 Å². The molecule has 2 heteroatoms. The average molecular weight is 242 g/mol. The summed E-state index contributed by atoms with van der Waals surface area (Å²) in [5.74, 6) is 1.13. The van der Waals surface area contributed by atoms with E-state index in [1.54, 1.807) is 0 Å². The number of rotatable bonds is 3. The number of aryl methyl sites for hydroxylation is 1. The second-order valence-corrected chi connectivity index (χ2v) is 5.48. The first kappa shape index (κ1) is 11.5. The van der Waals surface area contributed by atoms with Crippen LogP contribution in [0.15, 0.2) is 36.4 Å². The maximum absolute atomic E-state index is 12.0. The molecule has 3 atom stereocenters. The number of hydrogen-bond acceptors (Lipinski definition) is 2. The first-order valence-corrected chi connectivity index (χ1v) is 6.63. The Labute approximate surface area is 108 Å². The summed E-state index contributed by atoms with van der Waals surface area (Å²) in [6.45, 7) is 2.45. The number of benzene rings is 1. The molecular weight excluding hydrogens is 224 g/mol. The van der Waals surface area contributed by atoms with Gasteiger partial charge in [-0.1, -0.05) is 42.0 Å². The molecule has 0 aliphatic heterocycles. The van der Waals surface area contributed by atoms with E-state index in [0.29, 0.717) is 18.4 Å². The minimum atomic E-state index is -0.0209. The van der Waals surface area contributed by atoms with Gasteiger partial charge < -0.3 is 4.74 Å². The van der Waals surface area contributed by atoms with Crippen LogP contribution in [-0.2, 0) is 16.1 Å². The van der Waals surface area contributed by atoms with Crippen LogP contribution in [0.4, 0.5) is 0 Å². The Morgan fingerprint density at radius 2 is 2.00 bits per heavy atom. The number of esters is 1. The molecule has 0 heterocycles. The van der Waals surface area contributed by atoms with Gasteiger partial charge in [-0.25, -0.2) is 0 Å². The molecule has 2 aliphatic rings. The van der Waals surface area contributed by atoms with Crippen molar-refractivity contribution in [2.24, 2.45) is 17.8 Å². The van der Waals surface area contributed by atoms with Gasteiger partial charge in [-0.3, -0.25) is 4.79 Å². The van der Waals surface area contributed by atoms with Gasteiger partial charge in [-0.2, -0.15) is 0 Å². The van der Waals surface area contributed by atoms with Crippen molar-refractivity contribution in [3.63, 3.8) is 0 Å². The van der Waals surface area contributed by atoms with Crippen LogP contribution in [0.1, 0.15) is 24.0 Å². The molecule has 0 N–H and O–H groups in total. The normalized spacial score (nSPS) is 28.6. The van der Waals surface area contributed by atoms with E-state index in [1.165, 1.54) is 5.56 Å². The highest BCUT2D eigenvalue weighted by Crippen LogP contribution is 2.43. The van der Waals surface area contributed by atoms with Crippen molar-refractivity contribution in [2.75, 3.05) is 0 Å². The largest absolute Gasteiger partial charge is 0.461 e. The lowest BCUT2D eigenvalue weighted by molar-refractivity contribution is -0.150. The first-order chi connectivity index (χ1) is 8.72. The third kappa shape index (κ3) is 2.20. The highest BCUT2D eigenvalue weighted by Gasteiger charge is 2.40. The van der Waals surface area contributed by atoms with Gasteiger partial charge in [0, 0.05) is 0 Å². The first-order valence-electron chi connectivity index (χ1n) is 6.63. The third-order valence-corrected chi connectivity index (χ3v) is 4.08. The van der Waals surface area contributed by atoms with Gasteiger partial charge in [0.1, 0.15) is 6.61 Å². The summed E-state index contributed by atoms with van der Waals surface area (Å²) in [5, 5.41) is 0. The van der Waals surface area contributed by atoms with E-state index >= 15 is 0 Å². The summed E-state index contributed by atoms with van der Waals surface area (Å²) < 4.78 is 5.43. The molecule has 2 aliphatic carbocycles. The van der Waals surface area contributed by atoms with Gasteiger partial charge in [0.25, 0.3) is 0 Å². The number of ether oxygens (including phenoxy) is 1. The summed E-state index contributed by atoms with van der Waals surface area (Å²) in [6, 6.07) is 8.12. The van der Waals surface area contributed by atoms with E-state index in [4.69, 9.17) is 4.74 Å². The van der Waals surface area contributed by atoms with Crippen molar-refractivity contribution in [3.05, 3.63) is 47.5 Å². The Hall–Kier alpha value is -1.57. The molecule has 0 amide bonds. The summed E-state index contributed by atoms with van der Waals surface area (Å²) in [5.41, 5.74) is 2.29. The standard InChI is InChI=1S/C16H18O2/c1-11-2-4-12(5-3-11)10-18-16(17)15-9-13-6-7-14(15)8-13/h2-7,13-15H,8-10H2,1H3. The third-order valence-electron chi connectivity index (χ3n) is 4.08. The van der Waals surface area contributed by atoms with Gasteiger partial charge >= 0.3 is 5.97 Å². The highest BCUT2D eigenvalue weighted by molar-refractivity contribution is 5.74. The number of hydrogen-bond donors (Lipinski definition) is 0. The average Bonchev–Trinajstić information content (AvgIpc) is 3.00. The molecule has 3 rings (SSSR count). The summed E-state index contributed by atoms with van der Waals surface area (Å²) in [7, 11) is 0. The van der Waals surface area contributed by atoms with Crippen molar-refractivity contribution in [2.45, 2.75) is 26.4 Å². The quantitative estimate of drug-likeness (QED) is 0.600. The van der Waals surface area contributed by atoms with Crippen LogP contribution >= 0.6 is 0 Å². The lowest BCUT2D eigenvalue weighted by Gasteiger charge is -2.16. The molecule has 0 aromatic heterocycles. The second-order valence-electron chi connectivity index (χ2n) is 5.48. The molecule has 94 valence electrons. The summed E-state index contributed by atoms with van der Waals surface area (Å²) >= 11 is 0. The maximum atomic E-state index is 12.0. The molecule has 1 aromatic rings. The Kier molecular flexibility index (Phi) is 2.94. The van der Waals surface area contributed by atoms with Crippen molar-refractivity contribution < 1.29 is 9.53 Å². The van der Waals surface area contributed by atoms with Gasteiger partial charge in [0.05, 0.1) is 5.92 Å². The van der Waals surface area contributed by atoms with E-state index in [1.807, 2.05) is 24.3 Å². The molecule has 0 saturated heterocycles. The number of allylic oxidation sites excluding steroid dienone is 2. The van der Waals surface area contributed by atoms with Crippen molar-refractivity contribution in [1.29, 1.82) is 0 Å². The van der Waals surface area contributed by atoms with Crippen molar-refractivity contribution in [3.8, 4) is 0 Å². The Bertz CT molecular complexity index is 472. The predicted molar refractivity (Wildman–Crippen MR) is 69.8 cm³/mol. The predicted octanol–water partition coefficient (Wildman–Crippen LogP) is 3.25. The zero-order valence-corrected chi connectivity index (χ0v) is 10.6. The van der Waals surface area contributed by atoms with Gasteiger partial charge in [0.2, 0.25) is 0 Å². The van der Waals surface area contributed by atoms with Crippen molar-refractivity contribution in [1.82, 2.24) is 0 Å². The SMILES string of the molecule is Cc1ccc(COC(=O)C2CC3C=CC2C3)cc1. The van der Waals surface area contributed by atoms with Crippen LogP contribution in [0.5, 0.6) is 0 Å². The zero-order chi connectivity index (χ0) is 12.5. The number of fused-ring (bicyclic) bond motifs is 2. The minimum Gasteiger partial charge on any atom is -0.461 e. The smallest absolute Gasteiger partial charge is 0.309 e. The lowest BCUT2D eigenvalue weighted by atomic mass is 9.94. The van der Waals surface area contributed by atoms with E-state index < -0.39 is 0 Å². The number of carbonyl (C=O) groups excluding carboxylic acids is 1. The highest BCUT2D eigenvalue weighted by atomic mass is 16.5. The molecule has 1 saturated carbocycles. The van der Waals surface area contributed by atoms with Crippen molar-refractivity contribution >= 4 is 5.97 Å². The zero-order valence-electron chi connectivity index (χ0n) is 10.6. The Morgan fingerprint density at radius 3 is 2.61 bits per heavy atom. The molecule has 18 heavy (non-hydrogen) atoms. The minimum absolute atomic E-state index is 0.0209. The topological polar surface area (TPSA) is 26.3 Å². The molecule has 2 nitrogen and oxygen atoms in total. The van der Waals surface area contributed by atoms with Crippen LogP contribution in [0.25, 0.3) is 0 Å². The second kappa shape index (κ2) is 4.60. The lowest BCUT2D eigenvalue weighted by Crippen LogP contribution is -2.21. The van der Waals surface area contributed by atoms with E-state index in [2.05, 4.69) is 19.1 Å².